The first-order valence-electron chi connectivity index (χ1n) is 6.68. The number of carbonyl (C=O) groups is 1. The molecule has 0 radical (unpaired) electrons. The van der Waals surface area contributed by atoms with Gasteiger partial charge >= 0.3 is 0 Å². The number of nitrogens with zero attached hydrogens (tertiary/aromatic N) is 2. The molecule has 3 atom stereocenters. The van der Waals surface area contributed by atoms with Crippen LogP contribution in [0, 0.1) is 5.92 Å². The molecule has 1 fully saturated rings. The Bertz CT molecular complexity index is 245. The van der Waals surface area contributed by atoms with E-state index in [-0.39, 0.29) is 11.8 Å². The van der Waals surface area contributed by atoms with Gasteiger partial charge < -0.3 is 10.2 Å². The second kappa shape index (κ2) is 6.36. The molecule has 1 rings (SSSR count). The second-order valence-electron chi connectivity index (χ2n) is 5.32. The highest BCUT2D eigenvalue weighted by Gasteiger charge is 2.30. The molecule has 4 nitrogen and oxygen atoms in total. The highest BCUT2D eigenvalue weighted by atomic mass is 16.2. The van der Waals surface area contributed by atoms with Gasteiger partial charge in [0, 0.05) is 37.6 Å². The summed E-state index contributed by atoms with van der Waals surface area (Å²) in [5.74, 6) is 0.371. The van der Waals surface area contributed by atoms with Crippen LogP contribution in [-0.2, 0) is 4.79 Å². The fourth-order valence-corrected chi connectivity index (χ4v) is 2.34. The fraction of sp³-hybridized carbons (Fsp3) is 0.923. The first kappa shape index (κ1) is 14.5. The topological polar surface area (TPSA) is 35.6 Å². The van der Waals surface area contributed by atoms with Crippen LogP contribution in [0.3, 0.4) is 0 Å². The Hall–Kier alpha value is -0.610. The summed E-state index contributed by atoms with van der Waals surface area (Å²) in [7, 11) is 2.14. The molecule has 1 N–H and O–H groups in total. The number of nitrogens with one attached hydrogen (secondary N) is 1. The van der Waals surface area contributed by atoms with E-state index in [9.17, 15) is 4.79 Å². The average molecular weight is 241 g/mol. The zero-order valence-corrected chi connectivity index (χ0v) is 11.9. The number of amides is 1. The van der Waals surface area contributed by atoms with E-state index >= 15 is 0 Å². The van der Waals surface area contributed by atoms with Crippen LogP contribution in [0.25, 0.3) is 0 Å². The maximum Gasteiger partial charge on any atom is 0.226 e. The van der Waals surface area contributed by atoms with E-state index in [0.29, 0.717) is 12.1 Å². The van der Waals surface area contributed by atoms with Gasteiger partial charge in [-0.2, -0.15) is 0 Å². The Labute approximate surface area is 105 Å². The van der Waals surface area contributed by atoms with Crippen LogP contribution >= 0.6 is 0 Å². The van der Waals surface area contributed by atoms with E-state index in [1.807, 2.05) is 11.8 Å². The van der Waals surface area contributed by atoms with E-state index in [1.165, 1.54) is 0 Å². The summed E-state index contributed by atoms with van der Waals surface area (Å²) in [6.07, 6.45) is 0. The third-order valence-corrected chi connectivity index (χ3v) is 3.79. The van der Waals surface area contributed by atoms with Crippen LogP contribution in [0.1, 0.15) is 27.7 Å². The number of rotatable bonds is 4. The summed E-state index contributed by atoms with van der Waals surface area (Å²) in [6.45, 7) is 11.9. The van der Waals surface area contributed by atoms with E-state index in [4.69, 9.17) is 0 Å². The number of hydrogen-bond donors (Lipinski definition) is 1. The molecular formula is C13H27N3O. The highest BCUT2D eigenvalue weighted by Crippen LogP contribution is 2.15. The average Bonchev–Trinajstić information content (AvgIpc) is 2.31. The lowest BCUT2D eigenvalue weighted by molar-refractivity contribution is -0.138. The third kappa shape index (κ3) is 3.68. The monoisotopic (exact) mass is 241 g/mol. The van der Waals surface area contributed by atoms with Crippen molar-refractivity contribution in [3.05, 3.63) is 0 Å². The third-order valence-electron chi connectivity index (χ3n) is 3.79. The van der Waals surface area contributed by atoms with Crippen molar-refractivity contribution >= 4 is 5.91 Å². The predicted octanol–water partition coefficient (Wildman–Crippen LogP) is 0.783. The molecule has 0 bridgehead atoms. The molecule has 0 saturated carbocycles. The molecule has 0 spiro atoms. The fourth-order valence-electron chi connectivity index (χ4n) is 2.34. The molecule has 17 heavy (non-hydrogen) atoms. The highest BCUT2D eigenvalue weighted by molar-refractivity contribution is 5.79. The molecule has 1 saturated heterocycles. The van der Waals surface area contributed by atoms with Crippen LogP contribution < -0.4 is 5.32 Å². The standard InChI is InChI=1S/C13H27N3O/c1-6-14-7-10(2)13(17)16-8-11(3)15(5)12(4)9-16/h10-12,14H,6-9H2,1-5H3. The van der Waals surface area contributed by atoms with E-state index in [1.54, 1.807) is 0 Å². The van der Waals surface area contributed by atoms with E-state index in [0.717, 1.165) is 26.2 Å². The maximum absolute atomic E-state index is 12.3. The van der Waals surface area contributed by atoms with Crippen molar-refractivity contribution in [1.29, 1.82) is 0 Å². The summed E-state index contributed by atoms with van der Waals surface area (Å²) in [6, 6.07) is 0.906. The van der Waals surface area contributed by atoms with Crippen molar-refractivity contribution in [2.75, 3.05) is 33.2 Å². The minimum Gasteiger partial charge on any atom is -0.339 e. The number of piperazine rings is 1. The first-order valence-corrected chi connectivity index (χ1v) is 6.68. The second-order valence-corrected chi connectivity index (χ2v) is 5.32. The number of hydrogen-bond acceptors (Lipinski definition) is 3. The molecule has 3 unspecified atom stereocenters. The van der Waals surface area contributed by atoms with Crippen molar-refractivity contribution in [1.82, 2.24) is 15.1 Å². The normalized spacial score (nSPS) is 28.2. The van der Waals surface area contributed by atoms with Gasteiger partial charge in [-0.1, -0.05) is 13.8 Å². The smallest absolute Gasteiger partial charge is 0.226 e. The van der Waals surface area contributed by atoms with Gasteiger partial charge in [0.1, 0.15) is 0 Å². The summed E-state index contributed by atoms with van der Waals surface area (Å²) >= 11 is 0. The summed E-state index contributed by atoms with van der Waals surface area (Å²) < 4.78 is 0. The van der Waals surface area contributed by atoms with Crippen LogP contribution in [-0.4, -0.2) is 61.0 Å². The number of carbonyl (C=O) groups excluding carboxylic acids is 1. The Morgan fingerprint density at radius 1 is 1.35 bits per heavy atom. The summed E-state index contributed by atoms with van der Waals surface area (Å²) in [5, 5.41) is 3.24. The Morgan fingerprint density at radius 2 is 1.88 bits per heavy atom. The molecule has 1 aliphatic heterocycles. The quantitative estimate of drug-likeness (QED) is 0.790. The number of likely N-dealkylation sites (N-methyl/N-ethyl adjacent to an activating group) is 1. The zero-order chi connectivity index (χ0) is 13.0. The Kier molecular flexibility index (Phi) is 5.40. The molecular weight excluding hydrogens is 214 g/mol. The maximum atomic E-state index is 12.3. The van der Waals surface area contributed by atoms with Crippen molar-refractivity contribution in [3.8, 4) is 0 Å². The molecule has 1 heterocycles. The molecule has 0 aromatic carbocycles. The van der Waals surface area contributed by atoms with Crippen LogP contribution in [0.15, 0.2) is 0 Å². The van der Waals surface area contributed by atoms with Crippen molar-refractivity contribution in [2.24, 2.45) is 5.92 Å². The van der Waals surface area contributed by atoms with Gasteiger partial charge in [-0.25, -0.2) is 0 Å². The van der Waals surface area contributed by atoms with Gasteiger partial charge in [-0.05, 0) is 27.4 Å². The largest absolute Gasteiger partial charge is 0.339 e. The molecule has 0 aromatic rings. The first-order chi connectivity index (χ1) is 7.97. The predicted molar refractivity (Wildman–Crippen MR) is 71.0 cm³/mol. The molecule has 0 aliphatic carbocycles. The SMILES string of the molecule is CCNCC(C)C(=O)N1CC(C)N(C)C(C)C1. The van der Waals surface area contributed by atoms with Crippen LogP contribution in [0.4, 0.5) is 0 Å². The Balaban J connectivity index is 2.52. The lowest BCUT2D eigenvalue weighted by Gasteiger charge is -2.43. The van der Waals surface area contributed by atoms with Crippen LogP contribution in [0.2, 0.25) is 0 Å². The minimum absolute atomic E-state index is 0.0813. The van der Waals surface area contributed by atoms with Crippen molar-refractivity contribution < 1.29 is 4.79 Å². The summed E-state index contributed by atoms with van der Waals surface area (Å²) in [5.41, 5.74) is 0. The summed E-state index contributed by atoms with van der Waals surface area (Å²) in [4.78, 5) is 16.6. The lowest BCUT2D eigenvalue weighted by atomic mass is 10.1. The molecule has 100 valence electrons. The van der Waals surface area contributed by atoms with Crippen LogP contribution in [0.5, 0.6) is 0 Å². The van der Waals surface area contributed by atoms with Crippen molar-refractivity contribution in [3.63, 3.8) is 0 Å². The minimum atomic E-state index is 0.0813. The van der Waals surface area contributed by atoms with Gasteiger partial charge in [0.2, 0.25) is 5.91 Å². The van der Waals surface area contributed by atoms with E-state index in [2.05, 4.69) is 38.0 Å². The molecule has 1 amide bonds. The van der Waals surface area contributed by atoms with E-state index < -0.39 is 0 Å². The lowest BCUT2D eigenvalue weighted by Crippen LogP contribution is -2.57. The Morgan fingerprint density at radius 3 is 2.35 bits per heavy atom. The van der Waals surface area contributed by atoms with Crippen molar-refractivity contribution in [2.45, 2.75) is 39.8 Å². The van der Waals surface area contributed by atoms with Gasteiger partial charge in [0.05, 0.1) is 0 Å². The molecule has 1 aliphatic rings. The molecule has 4 heteroatoms. The van der Waals surface area contributed by atoms with Gasteiger partial charge in [-0.15, -0.1) is 0 Å². The van der Waals surface area contributed by atoms with Gasteiger partial charge in [0.25, 0.3) is 0 Å². The zero-order valence-electron chi connectivity index (χ0n) is 11.9. The van der Waals surface area contributed by atoms with Gasteiger partial charge in [0.15, 0.2) is 0 Å². The van der Waals surface area contributed by atoms with Gasteiger partial charge in [-0.3, -0.25) is 9.69 Å². The molecule has 0 aromatic heterocycles.